The second kappa shape index (κ2) is 4.40. The molecular formula is C12H21N5. The van der Waals surface area contributed by atoms with Gasteiger partial charge in [-0.15, -0.1) is 0 Å². The highest BCUT2D eigenvalue weighted by atomic mass is 15.2. The van der Waals surface area contributed by atoms with Gasteiger partial charge < -0.3 is 20.9 Å². The van der Waals surface area contributed by atoms with E-state index >= 15 is 0 Å². The standard InChI is InChI=1S/C12H21N5/c1-17-4-2-3-10(17)12-11-9(14-7-15-11)5-8(6-13)16-12/h7-8,10,12,16H,2-6,13H2,1H3,(H,14,15). The average molecular weight is 235 g/mol. The molecule has 94 valence electrons. The largest absolute Gasteiger partial charge is 0.348 e. The summed E-state index contributed by atoms with van der Waals surface area (Å²) in [5.41, 5.74) is 8.28. The lowest BCUT2D eigenvalue weighted by atomic mass is 9.93. The number of H-pyrrole nitrogens is 1. The highest BCUT2D eigenvalue weighted by Gasteiger charge is 2.37. The zero-order valence-corrected chi connectivity index (χ0v) is 10.3. The smallest absolute Gasteiger partial charge is 0.0925 e. The third-order valence-electron chi connectivity index (χ3n) is 4.16. The summed E-state index contributed by atoms with van der Waals surface area (Å²) < 4.78 is 0. The van der Waals surface area contributed by atoms with Crippen molar-refractivity contribution in [3.63, 3.8) is 0 Å². The number of nitrogens with two attached hydrogens (primary N) is 1. The molecule has 0 saturated carbocycles. The molecule has 3 rings (SSSR count). The maximum atomic E-state index is 5.81. The van der Waals surface area contributed by atoms with Crippen LogP contribution >= 0.6 is 0 Å². The van der Waals surface area contributed by atoms with Crippen molar-refractivity contribution in [2.45, 2.75) is 37.4 Å². The van der Waals surface area contributed by atoms with Gasteiger partial charge >= 0.3 is 0 Å². The summed E-state index contributed by atoms with van der Waals surface area (Å²) in [5, 5.41) is 3.67. The molecule has 0 aromatic carbocycles. The Labute approximate surface area is 102 Å². The number of hydrogen-bond acceptors (Lipinski definition) is 4. The second-order valence-electron chi connectivity index (χ2n) is 5.24. The number of nitrogens with one attached hydrogen (secondary N) is 2. The van der Waals surface area contributed by atoms with E-state index in [4.69, 9.17) is 5.73 Å². The fourth-order valence-corrected chi connectivity index (χ4v) is 3.20. The number of likely N-dealkylation sites (N-methyl/N-ethyl adjacent to an activating group) is 1. The Morgan fingerprint density at radius 2 is 2.47 bits per heavy atom. The van der Waals surface area contributed by atoms with Crippen LogP contribution in [0.5, 0.6) is 0 Å². The number of imidazole rings is 1. The van der Waals surface area contributed by atoms with Gasteiger partial charge in [-0.3, -0.25) is 0 Å². The first-order valence-electron chi connectivity index (χ1n) is 6.48. The Morgan fingerprint density at radius 3 is 3.18 bits per heavy atom. The monoisotopic (exact) mass is 235 g/mol. The molecule has 5 heteroatoms. The van der Waals surface area contributed by atoms with Gasteiger partial charge in [-0.25, -0.2) is 4.98 Å². The van der Waals surface area contributed by atoms with Crippen LogP contribution in [0.2, 0.25) is 0 Å². The predicted molar refractivity (Wildman–Crippen MR) is 66.7 cm³/mol. The Morgan fingerprint density at radius 1 is 1.59 bits per heavy atom. The topological polar surface area (TPSA) is 70.0 Å². The van der Waals surface area contributed by atoms with Gasteiger partial charge in [-0.2, -0.15) is 0 Å². The molecule has 1 saturated heterocycles. The van der Waals surface area contributed by atoms with Crippen molar-refractivity contribution in [2.24, 2.45) is 5.73 Å². The van der Waals surface area contributed by atoms with E-state index in [1.54, 1.807) is 0 Å². The molecular weight excluding hydrogens is 214 g/mol. The van der Waals surface area contributed by atoms with Crippen molar-refractivity contribution >= 4 is 0 Å². The first kappa shape index (κ1) is 11.2. The summed E-state index contributed by atoms with van der Waals surface area (Å²) in [6, 6.07) is 1.28. The van der Waals surface area contributed by atoms with Crippen LogP contribution in [0.3, 0.4) is 0 Å². The minimum Gasteiger partial charge on any atom is -0.348 e. The van der Waals surface area contributed by atoms with E-state index < -0.39 is 0 Å². The molecule has 4 N–H and O–H groups in total. The molecule has 3 heterocycles. The van der Waals surface area contributed by atoms with Crippen molar-refractivity contribution in [3.05, 3.63) is 17.7 Å². The van der Waals surface area contributed by atoms with E-state index in [0.717, 1.165) is 6.42 Å². The van der Waals surface area contributed by atoms with Crippen LogP contribution in [0.25, 0.3) is 0 Å². The maximum Gasteiger partial charge on any atom is 0.0925 e. The second-order valence-corrected chi connectivity index (χ2v) is 5.24. The SMILES string of the molecule is CN1CCCC1C1NC(CN)Cc2[nH]cnc21. The van der Waals surface area contributed by atoms with Crippen LogP contribution in [0.1, 0.15) is 30.3 Å². The molecule has 2 aliphatic heterocycles. The molecule has 0 radical (unpaired) electrons. The first-order valence-corrected chi connectivity index (χ1v) is 6.48. The van der Waals surface area contributed by atoms with Crippen molar-refractivity contribution in [2.75, 3.05) is 20.1 Å². The summed E-state index contributed by atoms with van der Waals surface area (Å²) in [4.78, 5) is 10.2. The van der Waals surface area contributed by atoms with Crippen LogP contribution < -0.4 is 11.1 Å². The van der Waals surface area contributed by atoms with Crippen LogP contribution in [-0.4, -0.2) is 47.1 Å². The molecule has 0 amide bonds. The normalized spacial score (nSPS) is 33.9. The van der Waals surface area contributed by atoms with Gasteiger partial charge in [-0.1, -0.05) is 0 Å². The van der Waals surface area contributed by atoms with Gasteiger partial charge in [0.1, 0.15) is 0 Å². The van der Waals surface area contributed by atoms with Gasteiger partial charge in [0.05, 0.1) is 18.1 Å². The summed E-state index contributed by atoms with van der Waals surface area (Å²) in [5.74, 6) is 0. The lowest BCUT2D eigenvalue weighted by Gasteiger charge is -2.36. The minimum atomic E-state index is 0.339. The van der Waals surface area contributed by atoms with E-state index in [1.807, 2.05) is 6.33 Å². The van der Waals surface area contributed by atoms with Crippen molar-refractivity contribution in [3.8, 4) is 0 Å². The Bertz CT molecular complexity index is 388. The molecule has 3 unspecified atom stereocenters. The number of hydrogen-bond donors (Lipinski definition) is 3. The number of likely N-dealkylation sites (tertiary alicyclic amines) is 1. The number of aromatic amines is 1. The number of nitrogens with zero attached hydrogens (tertiary/aromatic N) is 2. The zero-order valence-electron chi connectivity index (χ0n) is 10.3. The Balaban J connectivity index is 1.89. The minimum absolute atomic E-state index is 0.339. The Kier molecular flexibility index (Phi) is 2.90. The molecule has 1 aromatic rings. The zero-order chi connectivity index (χ0) is 11.8. The molecule has 17 heavy (non-hydrogen) atoms. The van der Waals surface area contributed by atoms with Crippen LogP contribution in [-0.2, 0) is 6.42 Å². The fourth-order valence-electron chi connectivity index (χ4n) is 3.20. The lowest BCUT2D eigenvalue weighted by Crippen LogP contribution is -2.50. The van der Waals surface area contributed by atoms with Gasteiger partial charge in [0.25, 0.3) is 0 Å². The first-order chi connectivity index (χ1) is 8.29. The molecule has 0 spiro atoms. The summed E-state index contributed by atoms with van der Waals surface area (Å²) in [7, 11) is 2.21. The highest BCUT2D eigenvalue weighted by molar-refractivity contribution is 5.23. The van der Waals surface area contributed by atoms with Crippen LogP contribution in [0, 0.1) is 0 Å². The molecule has 2 aliphatic rings. The summed E-state index contributed by atoms with van der Waals surface area (Å²) in [6.45, 7) is 1.88. The van der Waals surface area contributed by atoms with Crippen molar-refractivity contribution in [1.29, 1.82) is 0 Å². The van der Waals surface area contributed by atoms with Gasteiger partial charge in [0, 0.05) is 30.7 Å². The van der Waals surface area contributed by atoms with Crippen LogP contribution in [0.15, 0.2) is 6.33 Å². The lowest BCUT2D eigenvalue weighted by molar-refractivity contribution is 0.221. The van der Waals surface area contributed by atoms with Crippen LogP contribution in [0.4, 0.5) is 0 Å². The molecule has 1 fully saturated rings. The van der Waals surface area contributed by atoms with Crippen molar-refractivity contribution in [1.82, 2.24) is 20.2 Å². The highest BCUT2D eigenvalue weighted by Crippen LogP contribution is 2.32. The van der Waals surface area contributed by atoms with Crippen molar-refractivity contribution < 1.29 is 0 Å². The quantitative estimate of drug-likeness (QED) is 0.676. The number of rotatable bonds is 2. The van der Waals surface area contributed by atoms with Gasteiger partial charge in [-0.05, 0) is 26.4 Å². The van der Waals surface area contributed by atoms with E-state index in [2.05, 4.69) is 27.2 Å². The van der Waals surface area contributed by atoms with E-state index in [-0.39, 0.29) is 0 Å². The van der Waals surface area contributed by atoms with E-state index in [1.165, 1.54) is 30.8 Å². The third kappa shape index (κ3) is 1.88. The van der Waals surface area contributed by atoms with Gasteiger partial charge in [0.2, 0.25) is 0 Å². The fraction of sp³-hybridized carbons (Fsp3) is 0.750. The molecule has 1 aromatic heterocycles. The van der Waals surface area contributed by atoms with E-state index in [0.29, 0.717) is 24.7 Å². The molecule has 5 nitrogen and oxygen atoms in total. The predicted octanol–water partition coefficient (Wildman–Crippen LogP) is 0.0180. The van der Waals surface area contributed by atoms with E-state index in [9.17, 15) is 0 Å². The molecule has 0 bridgehead atoms. The third-order valence-corrected chi connectivity index (χ3v) is 4.16. The average Bonchev–Trinajstić information content (AvgIpc) is 2.95. The number of fused-ring (bicyclic) bond motifs is 1. The summed E-state index contributed by atoms with van der Waals surface area (Å²) >= 11 is 0. The number of aromatic nitrogens is 2. The molecule has 3 atom stereocenters. The maximum absolute atomic E-state index is 5.81. The molecule has 0 aliphatic carbocycles. The van der Waals surface area contributed by atoms with Gasteiger partial charge in [0.15, 0.2) is 0 Å². The summed E-state index contributed by atoms with van der Waals surface area (Å²) in [6.07, 6.45) is 5.32. The Hall–Kier alpha value is -0.910.